The van der Waals surface area contributed by atoms with E-state index in [-0.39, 0.29) is 55.0 Å². The van der Waals surface area contributed by atoms with Crippen molar-refractivity contribution in [2.45, 2.75) is 89.2 Å². The number of aryl methyl sites for hydroxylation is 2. The van der Waals surface area contributed by atoms with Gasteiger partial charge in [0.05, 0.1) is 11.0 Å². The van der Waals surface area contributed by atoms with Gasteiger partial charge in [0, 0.05) is 38.5 Å². The second kappa shape index (κ2) is 15.2. The maximum atomic E-state index is 14.1. The van der Waals surface area contributed by atoms with Gasteiger partial charge in [-0.25, -0.2) is 14.2 Å². The summed E-state index contributed by atoms with van der Waals surface area (Å²) >= 11 is 0. The van der Waals surface area contributed by atoms with Gasteiger partial charge >= 0.3 is 5.97 Å². The fraction of sp³-hybridized carbons (Fsp3) is 0.588. The van der Waals surface area contributed by atoms with E-state index in [1.54, 1.807) is 6.07 Å². The van der Waals surface area contributed by atoms with E-state index in [4.69, 9.17) is 14.5 Å². The number of aromatic nitrogens is 2. The Labute approximate surface area is 268 Å². The van der Waals surface area contributed by atoms with Crippen LogP contribution in [0.2, 0.25) is 0 Å². The number of carbonyl (C=O) groups is 1. The summed E-state index contributed by atoms with van der Waals surface area (Å²) in [4.78, 5) is 17.8. The Morgan fingerprint density at radius 1 is 1.12 bits per heavy atom. The zero-order chi connectivity index (χ0) is 29.1. The number of rotatable bonds is 10. The van der Waals surface area contributed by atoms with E-state index in [0.717, 1.165) is 36.0 Å². The van der Waals surface area contributed by atoms with Crippen molar-refractivity contribution in [3.8, 4) is 0 Å². The third-order valence-electron chi connectivity index (χ3n) is 9.75. The summed E-state index contributed by atoms with van der Waals surface area (Å²) in [6.45, 7) is 7.32. The van der Waals surface area contributed by atoms with Gasteiger partial charge < -0.3 is 19.4 Å². The summed E-state index contributed by atoms with van der Waals surface area (Å²) < 4.78 is 27.8. The van der Waals surface area contributed by atoms with E-state index in [9.17, 15) is 9.18 Å². The number of methoxy groups -OCH3 is 1. The fourth-order valence-corrected chi connectivity index (χ4v) is 7.75. The zero-order valence-corrected chi connectivity index (χ0v) is 27.7. The Balaban J connectivity index is 0.00000253. The number of para-hydroxylation sites is 2. The van der Waals surface area contributed by atoms with E-state index in [1.807, 2.05) is 6.07 Å². The molecular weight excluding hydrogens is 588 g/mol. The largest absolute Gasteiger partial charge is 0.457 e. The summed E-state index contributed by atoms with van der Waals surface area (Å²) in [5, 5.41) is 3.81. The standard InChI is InChI=1S/C34H46FN3O3.2ClH/c1-22(2)32-28-15-14-27(35)20-26(28)16-17-34(32,41-31(39)21-40-5)18-19-36-23(3)24-10-12-25(13-11-24)33-37-29-8-6-7-9-30(29)38(33)4;;/h6-9,14-15,20,22-25,32,36H,10-13,16-19,21H2,1-5H3;2*1H/t23?,24?,25?,32-,34-;;/m0../s1. The number of nitrogens with zero attached hydrogens (tertiary/aromatic N) is 2. The minimum atomic E-state index is -0.654. The first-order valence-corrected chi connectivity index (χ1v) is 15.4. The lowest BCUT2D eigenvalue weighted by atomic mass is 9.65. The van der Waals surface area contributed by atoms with Crippen LogP contribution in [0.25, 0.3) is 11.0 Å². The van der Waals surface area contributed by atoms with Gasteiger partial charge in [-0.15, -0.1) is 24.8 Å². The molecule has 0 radical (unpaired) electrons. The van der Waals surface area contributed by atoms with Gasteiger partial charge in [0.2, 0.25) is 0 Å². The molecular formula is C34H48Cl2FN3O3. The quantitative estimate of drug-likeness (QED) is 0.234. The molecule has 0 amide bonds. The highest BCUT2D eigenvalue weighted by atomic mass is 35.5. The minimum Gasteiger partial charge on any atom is -0.457 e. The van der Waals surface area contributed by atoms with Crippen molar-refractivity contribution in [2.24, 2.45) is 18.9 Å². The maximum Gasteiger partial charge on any atom is 0.332 e. The highest BCUT2D eigenvalue weighted by Crippen LogP contribution is 2.48. The molecule has 1 fully saturated rings. The predicted octanol–water partition coefficient (Wildman–Crippen LogP) is 7.51. The molecule has 1 N–H and O–H groups in total. The highest BCUT2D eigenvalue weighted by Gasteiger charge is 2.47. The second-order valence-electron chi connectivity index (χ2n) is 12.7. The van der Waals surface area contributed by atoms with Crippen molar-refractivity contribution in [3.63, 3.8) is 0 Å². The third kappa shape index (κ3) is 7.55. The van der Waals surface area contributed by atoms with E-state index in [0.29, 0.717) is 37.1 Å². The number of halogens is 3. The van der Waals surface area contributed by atoms with Crippen LogP contribution in [0.15, 0.2) is 42.5 Å². The van der Waals surface area contributed by atoms with Gasteiger partial charge in [0.25, 0.3) is 0 Å². The monoisotopic (exact) mass is 635 g/mol. The lowest BCUT2D eigenvalue weighted by Gasteiger charge is -2.47. The van der Waals surface area contributed by atoms with Crippen molar-refractivity contribution in [3.05, 3.63) is 65.2 Å². The van der Waals surface area contributed by atoms with Crippen molar-refractivity contribution >= 4 is 41.8 Å². The van der Waals surface area contributed by atoms with Crippen LogP contribution in [0, 0.1) is 17.7 Å². The summed E-state index contributed by atoms with van der Waals surface area (Å²) in [7, 11) is 3.65. The number of benzene rings is 2. The van der Waals surface area contributed by atoms with Gasteiger partial charge in [-0.1, -0.05) is 32.0 Å². The number of fused-ring (bicyclic) bond motifs is 2. The molecule has 1 saturated carbocycles. The van der Waals surface area contributed by atoms with E-state index >= 15 is 0 Å². The lowest BCUT2D eigenvalue weighted by Crippen LogP contribution is -2.49. The molecule has 1 aromatic heterocycles. The van der Waals surface area contributed by atoms with Crippen LogP contribution < -0.4 is 5.32 Å². The second-order valence-corrected chi connectivity index (χ2v) is 12.7. The molecule has 0 bridgehead atoms. The first kappa shape index (κ1) is 35.3. The van der Waals surface area contributed by atoms with Crippen molar-refractivity contribution in [2.75, 3.05) is 20.3 Å². The molecule has 3 atom stereocenters. The van der Waals surface area contributed by atoms with Crippen molar-refractivity contribution < 1.29 is 18.7 Å². The smallest absolute Gasteiger partial charge is 0.332 e. The van der Waals surface area contributed by atoms with E-state index < -0.39 is 5.60 Å². The number of hydrogen-bond acceptors (Lipinski definition) is 5. The summed E-state index contributed by atoms with van der Waals surface area (Å²) in [5.41, 5.74) is 3.76. The van der Waals surface area contributed by atoms with Crippen LogP contribution in [0.5, 0.6) is 0 Å². The van der Waals surface area contributed by atoms with Crippen molar-refractivity contribution in [1.29, 1.82) is 0 Å². The molecule has 2 aliphatic carbocycles. The van der Waals surface area contributed by atoms with Crippen LogP contribution in [-0.2, 0) is 27.7 Å². The average molecular weight is 637 g/mol. The van der Waals surface area contributed by atoms with Gasteiger partial charge in [-0.2, -0.15) is 0 Å². The Bertz CT molecular complexity index is 1360. The number of esters is 1. The number of hydrogen-bond donors (Lipinski definition) is 1. The fourth-order valence-electron chi connectivity index (χ4n) is 7.75. The van der Waals surface area contributed by atoms with Crippen molar-refractivity contribution in [1.82, 2.24) is 14.9 Å². The number of nitrogens with one attached hydrogen (secondary N) is 1. The Kier molecular flexibility index (Phi) is 12.5. The van der Waals surface area contributed by atoms with Crippen LogP contribution in [0.3, 0.4) is 0 Å². The molecule has 238 valence electrons. The number of imidazole rings is 1. The molecule has 1 heterocycles. The first-order valence-electron chi connectivity index (χ1n) is 15.4. The van der Waals surface area contributed by atoms with Crippen LogP contribution in [-0.4, -0.2) is 47.4 Å². The summed E-state index contributed by atoms with van der Waals surface area (Å²) in [6, 6.07) is 13.8. The minimum absolute atomic E-state index is 0. The highest BCUT2D eigenvalue weighted by molar-refractivity contribution is 5.85. The number of carbonyl (C=O) groups excluding carboxylic acids is 1. The normalized spacial score (nSPS) is 24.1. The predicted molar refractivity (Wildman–Crippen MR) is 175 cm³/mol. The van der Waals surface area contributed by atoms with Crippen LogP contribution in [0.4, 0.5) is 4.39 Å². The van der Waals surface area contributed by atoms with Gasteiger partial charge in [0.15, 0.2) is 0 Å². The molecule has 9 heteroatoms. The zero-order valence-electron chi connectivity index (χ0n) is 26.1. The first-order chi connectivity index (χ1) is 19.7. The van der Waals surface area contributed by atoms with Gasteiger partial charge in [-0.05, 0) is 99.2 Å². The molecule has 5 rings (SSSR count). The molecule has 3 aromatic rings. The van der Waals surface area contributed by atoms with Gasteiger partial charge in [0.1, 0.15) is 23.8 Å². The molecule has 1 unspecified atom stereocenters. The lowest BCUT2D eigenvalue weighted by molar-refractivity contribution is -0.171. The Morgan fingerprint density at radius 3 is 2.51 bits per heavy atom. The number of ether oxygens (including phenoxy) is 2. The Morgan fingerprint density at radius 2 is 1.84 bits per heavy atom. The third-order valence-corrected chi connectivity index (χ3v) is 9.75. The summed E-state index contributed by atoms with van der Waals surface area (Å²) in [5.74, 6) is 1.98. The molecule has 43 heavy (non-hydrogen) atoms. The van der Waals surface area contributed by atoms with Gasteiger partial charge in [-0.3, -0.25) is 0 Å². The maximum absolute atomic E-state index is 14.1. The van der Waals surface area contributed by atoms with E-state index in [1.165, 1.54) is 37.4 Å². The van der Waals surface area contributed by atoms with Crippen LogP contribution >= 0.6 is 24.8 Å². The molecule has 0 saturated heterocycles. The van der Waals surface area contributed by atoms with Crippen LogP contribution in [0.1, 0.15) is 88.1 Å². The molecule has 0 spiro atoms. The topological polar surface area (TPSA) is 65.4 Å². The summed E-state index contributed by atoms with van der Waals surface area (Å²) in [6.07, 6.45) is 6.72. The molecule has 0 aliphatic heterocycles. The molecule has 2 aliphatic rings. The SMILES string of the molecule is COCC(=O)O[C@]1(CCNC(C)C2CCC(c3nc4ccccc4n3C)CC2)CCc2cc(F)ccc2[C@@H]1C(C)C.Cl.Cl. The van der Waals surface area contributed by atoms with E-state index in [2.05, 4.69) is 62.0 Å². The average Bonchev–Trinajstić information content (AvgIpc) is 3.29. The molecule has 6 nitrogen and oxygen atoms in total. The Hall–Kier alpha value is -2.19. The molecule has 2 aromatic carbocycles.